The molecule has 0 spiro atoms. The minimum absolute atomic E-state index is 0.180. The van der Waals surface area contributed by atoms with Crippen molar-refractivity contribution in [2.24, 2.45) is 0 Å². The van der Waals surface area contributed by atoms with Crippen molar-refractivity contribution in [1.29, 1.82) is 0 Å². The van der Waals surface area contributed by atoms with Crippen LogP contribution in [0.5, 0.6) is 0 Å². The van der Waals surface area contributed by atoms with Crippen LogP contribution in [0.15, 0.2) is 39.8 Å². The maximum absolute atomic E-state index is 11.9. The molecule has 1 N–H and O–H groups in total. The lowest BCUT2D eigenvalue weighted by Crippen LogP contribution is -2.22. The van der Waals surface area contributed by atoms with E-state index in [1.54, 1.807) is 13.0 Å². The maximum atomic E-state index is 11.9. The molecule has 6 nitrogen and oxygen atoms in total. The van der Waals surface area contributed by atoms with Crippen LogP contribution in [0.3, 0.4) is 0 Å². The van der Waals surface area contributed by atoms with Gasteiger partial charge in [-0.15, -0.1) is 0 Å². The number of aryl methyl sites for hydroxylation is 1. The van der Waals surface area contributed by atoms with Gasteiger partial charge in [-0.2, -0.15) is 0 Å². The van der Waals surface area contributed by atoms with E-state index >= 15 is 0 Å². The van der Waals surface area contributed by atoms with Crippen LogP contribution in [-0.2, 0) is 16.4 Å². The van der Waals surface area contributed by atoms with Gasteiger partial charge >= 0.3 is 0 Å². The van der Waals surface area contributed by atoms with Gasteiger partial charge in [-0.05, 0) is 31.2 Å². The Morgan fingerprint density at radius 3 is 2.45 bits per heavy atom. The monoisotopic (exact) mass is 294 g/mol. The van der Waals surface area contributed by atoms with Crippen LogP contribution < -0.4 is 5.32 Å². The van der Waals surface area contributed by atoms with E-state index in [2.05, 4.69) is 10.5 Å². The van der Waals surface area contributed by atoms with Crippen molar-refractivity contribution >= 4 is 15.7 Å². The fraction of sp³-hybridized carbons (Fsp3) is 0.231. The van der Waals surface area contributed by atoms with Gasteiger partial charge in [0.05, 0.1) is 17.1 Å². The third-order valence-corrected chi connectivity index (χ3v) is 3.77. The number of nitrogens with zero attached hydrogens (tertiary/aromatic N) is 1. The molecule has 0 aliphatic heterocycles. The topological polar surface area (TPSA) is 89.3 Å². The molecule has 0 radical (unpaired) electrons. The normalized spacial score (nSPS) is 11.3. The minimum atomic E-state index is -3.25. The van der Waals surface area contributed by atoms with Gasteiger partial charge < -0.3 is 9.84 Å². The molecule has 20 heavy (non-hydrogen) atoms. The molecule has 0 saturated heterocycles. The van der Waals surface area contributed by atoms with Gasteiger partial charge in [-0.25, -0.2) is 8.42 Å². The molecule has 0 aliphatic rings. The number of carbonyl (C=O) groups is 1. The molecule has 0 fully saturated rings. The van der Waals surface area contributed by atoms with E-state index in [4.69, 9.17) is 4.52 Å². The van der Waals surface area contributed by atoms with Crippen LogP contribution >= 0.6 is 0 Å². The van der Waals surface area contributed by atoms with Crippen molar-refractivity contribution in [1.82, 2.24) is 10.5 Å². The van der Waals surface area contributed by atoms with E-state index in [1.807, 2.05) is 0 Å². The standard InChI is InChI=1S/C13H14N2O4S/c1-9-7-11(19-15-9)8-14-13(16)10-3-5-12(6-4-10)20(2,17)18/h3-7H,8H2,1-2H3,(H,14,16). The number of hydrogen-bond donors (Lipinski definition) is 1. The highest BCUT2D eigenvalue weighted by Crippen LogP contribution is 2.10. The molecular weight excluding hydrogens is 280 g/mol. The molecule has 0 unspecified atom stereocenters. The van der Waals surface area contributed by atoms with Crippen LogP contribution in [0.1, 0.15) is 21.8 Å². The predicted molar refractivity (Wildman–Crippen MR) is 72.0 cm³/mol. The lowest BCUT2D eigenvalue weighted by Gasteiger charge is -2.04. The Morgan fingerprint density at radius 2 is 1.95 bits per heavy atom. The molecule has 2 rings (SSSR count). The summed E-state index contributed by atoms with van der Waals surface area (Å²) in [6.07, 6.45) is 1.12. The Labute approximate surface area is 116 Å². The molecular formula is C13H14N2O4S. The maximum Gasteiger partial charge on any atom is 0.251 e. The van der Waals surface area contributed by atoms with Gasteiger partial charge in [0.1, 0.15) is 0 Å². The number of hydrogen-bond acceptors (Lipinski definition) is 5. The number of benzene rings is 1. The zero-order valence-electron chi connectivity index (χ0n) is 11.1. The average Bonchev–Trinajstić information content (AvgIpc) is 2.81. The number of aromatic nitrogens is 1. The zero-order chi connectivity index (χ0) is 14.8. The first-order chi connectivity index (χ1) is 9.36. The predicted octanol–water partition coefficient (Wildman–Crippen LogP) is 1.32. The molecule has 1 heterocycles. The summed E-state index contributed by atoms with van der Waals surface area (Å²) in [5.41, 5.74) is 1.13. The zero-order valence-corrected chi connectivity index (χ0v) is 11.9. The highest BCUT2D eigenvalue weighted by Gasteiger charge is 2.10. The summed E-state index contributed by atoms with van der Waals surface area (Å²) in [5, 5.41) is 6.38. The Hall–Kier alpha value is -2.15. The lowest BCUT2D eigenvalue weighted by atomic mass is 10.2. The molecule has 0 saturated carbocycles. The first-order valence-corrected chi connectivity index (χ1v) is 7.76. The molecule has 0 aliphatic carbocycles. The quantitative estimate of drug-likeness (QED) is 0.918. The smallest absolute Gasteiger partial charge is 0.251 e. The second-order valence-electron chi connectivity index (χ2n) is 4.41. The van der Waals surface area contributed by atoms with Crippen molar-refractivity contribution in [3.8, 4) is 0 Å². The molecule has 106 valence electrons. The molecule has 1 amide bonds. The van der Waals surface area contributed by atoms with Crippen molar-refractivity contribution in [3.63, 3.8) is 0 Å². The average molecular weight is 294 g/mol. The summed E-state index contributed by atoms with van der Waals surface area (Å²) in [6.45, 7) is 2.02. The van der Waals surface area contributed by atoms with Crippen molar-refractivity contribution < 1.29 is 17.7 Å². The summed E-state index contributed by atoms with van der Waals surface area (Å²) >= 11 is 0. The number of sulfone groups is 1. The number of carbonyl (C=O) groups excluding carboxylic acids is 1. The first kappa shape index (κ1) is 14.3. The molecule has 1 aromatic carbocycles. The summed E-state index contributed by atoms with van der Waals surface area (Å²) in [6, 6.07) is 7.48. The third kappa shape index (κ3) is 3.45. The lowest BCUT2D eigenvalue weighted by molar-refractivity contribution is 0.0947. The van der Waals surface area contributed by atoms with Gasteiger partial charge in [-0.1, -0.05) is 5.16 Å². The van der Waals surface area contributed by atoms with Crippen LogP contribution in [0, 0.1) is 6.92 Å². The minimum Gasteiger partial charge on any atom is -0.359 e. The van der Waals surface area contributed by atoms with E-state index in [1.165, 1.54) is 24.3 Å². The van der Waals surface area contributed by atoms with E-state index < -0.39 is 9.84 Å². The van der Waals surface area contributed by atoms with E-state index in [9.17, 15) is 13.2 Å². The van der Waals surface area contributed by atoms with Crippen molar-refractivity contribution in [2.75, 3.05) is 6.26 Å². The Morgan fingerprint density at radius 1 is 1.30 bits per heavy atom. The molecule has 0 bridgehead atoms. The first-order valence-electron chi connectivity index (χ1n) is 5.87. The van der Waals surface area contributed by atoms with E-state index in [0.29, 0.717) is 11.3 Å². The Balaban J connectivity index is 2.02. The summed E-state index contributed by atoms with van der Waals surface area (Å²) in [4.78, 5) is 12.0. The highest BCUT2D eigenvalue weighted by molar-refractivity contribution is 7.90. The summed E-state index contributed by atoms with van der Waals surface area (Å²) in [7, 11) is -3.25. The third-order valence-electron chi connectivity index (χ3n) is 2.64. The summed E-state index contributed by atoms with van der Waals surface area (Å²) < 4.78 is 27.6. The van der Waals surface area contributed by atoms with Crippen LogP contribution in [0.25, 0.3) is 0 Å². The fourth-order valence-corrected chi connectivity index (χ4v) is 2.25. The number of nitrogens with one attached hydrogen (secondary N) is 1. The van der Waals surface area contributed by atoms with Crippen LogP contribution in [-0.4, -0.2) is 25.7 Å². The SMILES string of the molecule is Cc1cc(CNC(=O)c2ccc(S(C)(=O)=O)cc2)on1. The van der Waals surface area contributed by atoms with Gasteiger partial charge in [-0.3, -0.25) is 4.79 Å². The second kappa shape index (κ2) is 5.46. The van der Waals surface area contributed by atoms with Gasteiger partial charge in [0.2, 0.25) is 0 Å². The van der Waals surface area contributed by atoms with Crippen molar-refractivity contribution in [2.45, 2.75) is 18.4 Å². The highest BCUT2D eigenvalue weighted by atomic mass is 32.2. The van der Waals surface area contributed by atoms with Gasteiger partial charge in [0.25, 0.3) is 5.91 Å². The van der Waals surface area contributed by atoms with Gasteiger partial charge in [0.15, 0.2) is 15.6 Å². The number of rotatable bonds is 4. The summed E-state index contributed by atoms with van der Waals surface area (Å²) in [5.74, 6) is 0.253. The Kier molecular flexibility index (Phi) is 3.89. The van der Waals surface area contributed by atoms with Crippen molar-refractivity contribution in [3.05, 3.63) is 47.3 Å². The molecule has 7 heteroatoms. The molecule has 2 aromatic rings. The van der Waals surface area contributed by atoms with Crippen LogP contribution in [0.2, 0.25) is 0 Å². The van der Waals surface area contributed by atoms with Gasteiger partial charge in [0, 0.05) is 17.9 Å². The largest absolute Gasteiger partial charge is 0.359 e. The van der Waals surface area contributed by atoms with Crippen LogP contribution in [0.4, 0.5) is 0 Å². The molecule has 1 aromatic heterocycles. The van der Waals surface area contributed by atoms with E-state index in [0.717, 1.165) is 11.9 Å². The fourth-order valence-electron chi connectivity index (χ4n) is 1.62. The second-order valence-corrected chi connectivity index (χ2v) is 6.43. The Bertz CT molecular complexity index is 717. The van der Waals surface area contributed by atoms with E-state index in [-0.39, 0.29) is 17.3 Å². The number of amides is 1. The molecule has 0 atom stereocenters.